The van der Waals surface area contributed by atoms with Crippen LogP contribution >= 0.6 is 0 Å². The Balaban J connectivity index is 1.16. The average Bonchev–Trinajstić information content (AvgIpc) is 3.79. The van der Waals surface area contributed by atoms with Crippen LogP contribution in [0, 0.1) is 11.8 Å². The number of ketones is 1. The van der Waals surface area contributed by atoms with Crippen molar-refractivity contribution in [3.05, 3.63) is 54.1 Å². The van der Waals surface area contributed by atoms with Crippen molar-refractivity contribution in [1.29, 1.82) is 0 Å². The summed E-state index contributed by atoms with van der Waals surface area (Å²) in [7, 11) is 0. The van der Waals surface area contributed by atoms with E-state index in [0.717, 1.165) is 24.1 Å². The number of hydrogen-bond acceptors (Lipinski definition) is 9. The molecule has 3 aliphatic heterocycles. The molecule has 0 saturated carbocycles. The molecular formula is C35H47N5O8. The van der Waals surface area contributed by atoms with Gasteiger partial charge in [0.25, 0.3) is 11.8 Å². The monoisotopic (exact) mass is 665 g/mol. The number of nitrogens with one attached hydrogen (secondary N) is 3. The first kappa shape index (κ1) is 36.5. The molecule has 2 saturated heterocycles. The summed E-state index contributed by atoms with van der Waals surface area (Å²) in [6.07, 6.45) is 4.80. The highest BCUT2D eigenvalue weighted by atomic mass is 16.6. The summed E-state index contributed by atoms with van der Waals surface area (Å²) in [6, 6.07) is 6.19. The van der Waals surface area contributed by atoms with Gasteiger partial charge in [-0.1, -0.05) is 51.5 Å². The number of anilines is 1. The van der Waals surface area contributed by atoms with Crippen molar-refractivity contribution in [2.75, 3.05) is 31.7 Å². The predicted molar refractivity (Wildman–Crippen MR) is 177 cm³/mol. The van der Waals surface area contributed by atoms with Crippen LogP contribution in [0.1, 0.15) is 64.9 Å². The molecule has 5 amide bonds. The summed E-state index contributed by atoms with van der Waals surface area (Å²) >= 11 is 0. The first-order valence-electron chi connectivity index (χ1n) is 16.6. The van der Waals surface area contributed by atoms with Crippen molar-refractivity contribution in [1.82, 2.24) is 20.4 Å². The molecule has 0 radical (unpaired) electrons. The molecule has 13 nitrogen and oxygen atoms in total. The van der Waals surface area contributed by atoms with E-state index >= 15 is 0 Å². The lowest BCUT2D eigenvalue weighted by atomic mass is 9.92. The van der Waals surface area contributed by atoms with Gasteiger partial charge in [0.15, 0.2) is 5.78 Å². The number of ether oxygens (including phenoxy) is 2. The Morgan fingerprint density at radius 1 is 1.04 bits per heavy atom. The number of hydrogen-bond donors (Lipinski definition) is 3. The number of unbranched alkanes of at least 4 members (excludes halogenated alkanes) is 2. The number of carbonyl (C=O) groups is 6. The van der Waals surface area contributed by atoms with E-state index in [0.29, 0.717) is 38.1 Å². The Kier molecular flexibility index (Phi) is 13.0. The number of rotatable bonds is 16. The second-order valence-corrected chi connectivity index (χ2v) is 13.1. The molecule has 3 aliphatic rings. The van der Waals surface area contributed by atoms with E-state index < -0.39 is 18.1 Å². The van der Waals surface area contributed by atoms with Crippen LogP contribution in [0.3, 0.4) is 0 Å². The highest BCUT2D eigenvalue weighted by Gasteiger charge is 2.38. The van der Waals surface area contributed by atoms with Crippen molar-refractivity contribution in [3.63, 3.8) is 0 Å². The molecule has 260 valence electrons. The van der Waals surface area contributed by atoms with E-state index in [-0.39, 0.29) is 73.6 Å². The minimum Gasteiger partial charge on any atom is -0.444 e. The second kappa shape index (κ2) is 17.2. The van der Waals surface area contributed by atoms with E-state index in [2.05, 4.69) is 22.5 Å². The van der Waals surface area contributed by atoms with Gasteiger partial charge < -0.3 is 25.4 Å². The fourth-order valence-corrected chi connectivity index (χ4v) is 5.93. The van der Waals surface area contributed by atoms with Gasteiger partial charge in [-0.2, -0.15) is 0 Å². The van der Waals surface area contributed by atoms with Gasteiger partial charge in [0.2, 0.25) is 11.8 Å². The van der Waals surface area contributed by atoms with Crippen LogP contribution in [0.2, 0.25) is 0 Å². The van der Waals surface area contributed by atoms with Crippen molar-refractivity contribution in [2.24, 2.45) is 11.8 Å². The molecular weight excluding hydrogens is 618 g/mol. The summed E-state index contributed by atoms with van der Waals surface area (Å²) in [5.74, 6) is -2.25. The van der Waals surface area contributed by atoms with Gasteiger partial charge >= 0.3 is 6.09 Å². The summed E-state index contributed by atoms with van der Waals surface area (Å²) in [4.78, 5) is 77.4. The van der Waals surface area contributed by atoms with E-state index in [1.807, 2.05) is 13.8 Å². The zero-order valence-electron chi connectivity index (χ0n) is 28.0. The fourth-order valence-electron chi connectivity index (χ4n) is 5.93. The molecule has 13 heteroatoms. The molecule has 48 heavy (non-hydrogen) atoms. The van der Waals surface area contributed by atoms with Crippen molar-refractivity contribution < 1.29 is 38.2 Å². The molecule has 1 aromatic carbocycles. The van der Waals surface area contributed by atoms with Crippen molar-refractivity contribution in [2.45, 2.75) is 84.0 Å². The zero-order chi connectivity index (χ0) is 34.8. The quantitative estimate of drug-likeness (QED) is 0.137. The first-order valence-corrected chi connectivity index (χ1v) is 16.6. The van der Waals surface area contributed by atoms with Gasteiger partial charge in [-0.15, -0.1) is 0 Å². The van der Waals surface area contributed by atoms with E-state index in [1.54, 1.807) is 36.1 Å². The zero-order valence-corrected chi connectivity index (χ0v) is 28.0. The molecule has 1 aromatic rings. The standard InChI is InChI=1S/C35H47N5O8/c1-22(2)33(38-30(42)8-6-5-7-15-39-31(43)13-14-32(39)44)29(41)17-24(4)34(45)37-26-11-9-25(10-12-26)19-48-35(46)40-21-47-20-28(40)27-16-23(3)18-36-27/h9-14,22,24,27-28,33,36H,3,5-8,15-21H2,1-2,4H3,(H,37,45)(H,38,42)/t24-,27+,28?,33+/m1/s1. The topological polar surface area (TPSA) is 163 Å². The number of Topliss-reactive ketones (excluding diaryl/α,β-unsaturated/α-hetero) is 1. The highest BCUT2D eigenvalue weighted by molar-refractivity contribution is 6.12. The molecule has 2 fully saturated rings. The van der Waals surface area contributed by atoms with Gasteiger partial charge in [0, 0.05) is 55.7 Å². The Bertz CT molecular complexity index is 1390. The number of nitrogens with zero attached hydrogens (tertiary/aromatic N) is 2. The van der Waals surface area contributed by atoms with E-state index in [9.17, 15) is 28.8 Å². The molecule has 3 N–H and O–H groups in total. The Morgan fingerprint density at radius 3 is 2.40 bits per heavy atom. The van der Waals surface area contributed by atoms with Crippen LogP contribution in [0.25, 0.3) is 0 Å². The highest BCUT2D eigenvalue weighted by Crippen LogP contribution is 2.23. The third-order valence-corrected chi connectivity index (χ3v) is 8.80. The van der Waals surface area contributed by atoms with Crippen LogP contribution in [0.4, 0.5) is 10.5 Å². The van der Waals surface area contributed by atoms with Gasteiger partial charge in [-0.25, -0.2) is 4.79 Å². The third-order valence-electron chi connectivity index (χ3n) is 8.80. The van der Waals surface area contributed by atoms with Gasteiger partial charge in [-0.3, -0.25) is 33.8 Å². The summed E-state index contributed by atoms with van der Waals surface area (Å²) in [6.45, 7) is 11.1. The Labute approximate surface area is 281 Å². The number of benzene rings is 1. The predicted octanol–water partition coefficient (Wildman–Crippen LogP) is 3.06. The Hall–Kier alpha value is -4.36. The van der Waals surface area contributed by atoms with E-state index in [1.165, 1.54) is 17.1 Å². The maximum Gasteiger partial charge on any atom is 0.412 e. The molecule has 0 aliphatic carbocycles. The molecule has 1 unspecified atom stereocenters. The normalized spacial score (nSPS) is 20.4. The Morgan fingerprint density at radius 2 is 1.75 bits per heavy atom. The van der Waals surface area contributed by atoms with Crippen LogP contribution in [-0.2, 0) is 40.1 Å². The molecule has 4 atom stereocenters. The minimum atomic E-state index is -0.725. The van der Waals surface area contributed by atoms with Gasteiger partial charge in [0.1, 0.15) is 13.3 Å². The minimum absolute atomic E-state index is 0.0411. The van der Waals surface area contributed by atoms with E-state index in [4.69, 9.17) is 9.47 Å². The van der Waals surface area contributed by atoms with Gasteiger partial charge in [0.05, 0.1) is 18.7 Å². The molecule has 3 heterocycles. The molecule has 4 rings (SSSR count). The average molecular weight is 666 g/mol. The molecule has 0 spiro atoms. The summed E-state index contributed by atoms with van der Waals surface area (Å²) in [5, 5.41) is 9.01. The summed E-state index contributed by atoms with van der Waals surface area (Å²) in [5.41, 5.74) is 2.39. The molecule has 0 bridgehead atoms. The number of carbonyl (C=O) groups excluding carboxylic acids is 6. The van der Waals surface area contributed by atoms with Crippen LogP contribution in [-0.4, -0.2) is 89.9 Å². The third kappa shape index (κ3) is 10.1. The van der Waals surface area contributed by atoms with Crippen LogP contribution in [0.5, 0.6) is 0 Å². The summed E-state index contributed by atoms with van der Waals surface area (Å²) < 4.78 is 11.1. The second-order valence-electron chi connectivity index (χ2n) is 13.1. The maximum absolute atomic E-state index is 13.1. The van der Waals surface area contributed by atoms with Crippen LogP contribution in [0.15, 0.2) is 48.6 Å². The maximum atomic E-state index is 13.1. The lowest BCUT2D eigenvalue weighted by Gasteiger charge is -2.26. The SMILES string of the molecule is C=C1CN[C@H](C2COCN2C(=O)OCc2ccc(NC(=O)[C@H](C)CC(=O)[C@@H](NC(=O)CCCCCN3C(=O)C=CC3=O)C(C)C)cc2)C1. The van der Waals surface area contributed by atoms with Crippen molar-refractivity contribution >= 4 is 41.2 Å². The first-order chi connectivity index (χ1) is 22.9. The smallest absolute Gasteiger partial charge is 0.412 e. The lowest BCUT2D eigenvalue weighted by Crippen LogP contribution is -2.48. The number of imide groups is 1. The lowest BCUT2D eigenvalue weighted by molar-refractivity contribution is -0.137. The van der Waals surface area contributed by atoms with Crippen molar-refractivity contribution in [3.8, 4) is 0 Å². The van der Waals surface area contributed by atoms with Gasteiger partial charge in [-0.05, 0) is 42.9 Å². The number of amides is 5. The largest absolute Gasteiger partial charge is 0.444 e. The molecule has 0 aromatic heterocycles. The fraction of sp³-hybridized carbons (Fsp3) is 0.543. The van der Waals surface area contributed by atoms with Crippen LogP contribution < -0.4 is 16.0 Å².